The third kappa shape index (κ3) is 4.56. The van der Waals surface area contributed by atoms with Crippen molar-refractivity contribution in [2.24, 2.45) is 0 Å². The number of rotatable bonds is 7. The summed E-state index contributed by atoms with van der Waals surface area (Å²) in [6.07, 6.45) is 0. The number of thiophene rings is 1. The fraction of sp³-hybridized carbons (Fsp3) is 0.350. The fourth-order valence-corrected chi connectivity index (χ4v) is 4.55. The molecule has 0 spiro atoms. The van der Waals surface area contributed by atoms with E-state index in [1.807, 2.05) is 45.0 Å². The first-order valence-electron chi connectivity index (χ1n) is 8.90. The van der Waals surface area contributed by atoms with E-state index in [9.17, 15) is 9.59 Å². The average molecular weight is 418 g/mol. The van der Waals surface area contributed by atoms with Crippen molar-refractivity contribution < 1.29 is 9.53 Å². The van der Waals surface area contributed by atoms with E-state index in [2.05, 4.69) is 15.3 Å². The lowest BCUT2D eigenvalue weighted by Crippen LogP contribution is -2.30. The van der Waals surface area contributed by atoms with Gasteiger partial charge in [0.25, 0.3) is 5.56 Å². The van der Waals surface area contributed by atoms with Gasteiger partial charge in [0.1, 0.15) is 16.4 Å². The number of aromatic nitrogens is 2. The van der Waals surface area contributed by atoms with Crippen LogP contribution < -0.4 is 15.6 Å². The molecule has 0 bridgehead atoms. The van der Waals surface area contributed by atoms with Crippen LogP contribution in [0.5, 0.6) is 5.75 Å². The Morgan fingerprint density at radius 3 is 2.71 bits per heavy atom. The maximum atomic E-state index is 12.3. The molecule has 8 heteroatoms. The van der Waals surface area contributed by atoms with Crippen LogP contribution in [-0.4, -0.2) is 28.2 Å². The van der Waals surface area contributed by atoms with Crippen LogP contribution in [0.25, 0.3) is 10.2 Å². The van der Waals surface area contributed by atoms with Gasteiger partial charge in [-0.15, -0.1) is 23.1 Å². The Hall–Kier alpha value is -2.32. The van der Waals surface area contributed by atoms with E-state index >= 15 is 0 Å². The number of H-pyrrole nitrogens is 1. The van der Waals surface area contributed by atoms with Gasteiger partial charge in [-0.3, -0.25) is 9.59 Å². The Balaban J connectivity index is 1.57. The highest BCUT2D eigenvalue weighted by molar-refractivity contribution is 7.99. The van der Waals surface area contributed by atoms with Crippen molar-refractivity contribution in [1.82, 2.24) is 15.3 Å². The third-order valence-corrected chi connectivity index (χ3v) is 6.81. The molecule has 0 radical (unpaired) electrons. The number of carbonyl (C=O) groups is 1. The number of fused-ring (bicyclic) bond motifs is 1. The van der Waals surface area contributed by atoms with Gasteiger partial charge < -0.3 is 15.0 Å². The second-order valence-corrected chi connectivity index (χ2v) is 9.03. The van der Waals surface area contributed by atoms with Crippen LogP contribution in [0.3, 0.4) is 0 Å². The van der Waals surface area contributed by atoms with Gasteiger partial charge in [-0.2, -0.15) is 0 Å². The molecule has 3 aromatic rings. The van der Waals surface area contributed by atoms with Crippen LogP contribution in [0.1, 0.15) is 28.8 Å². The molecular weight excluding hydrogens is 394 g/mol. The van der Waals surface area contributed by atoms with E-state index in [1.165, 1.54) is 23.1 Å². The van der Waals surface area contributed by atoms with Crippen molar-refractivity contribution in [2.45, 2.75) is 38.3 Å². The monoisotopic (exact) mass is 417 g/mol. The fourth-order valence-electron chi connectivity index (χ4n) is 2.72. The maximum absolute atomic E-state index is 12.3. The zero-order chi connectivity index (χ0) is 20.3. The van der Waals surface area contributed by atoms with Crippen LogP contribution in [0.15, 0.2) is 29.1 Å². The molecule has 3 rings (SSSR count). The molecular formula is C20H23N3O3S2. The van der Waals surface area contributed by atoms with E-state index in [4.69, 9.17) is 4.74 Å². The molecule has 1 amide bonds. The number of hydrogen-bond acceptors (Lipinski definition) is 6. The summed E-state index contributed by atoms with van der Waals surface area (Å²) in [5.41, 5.74) is 1.88. The van der Waals surface area contributed by atoms with Gasteiger partial charge in [-0.25, -0.2) is 4.98 Å². The van der Waals surface area contributed by atoms with Gasteiger partial charge in [0, 0.05) is 11.4 Å². The predicted octanol–water partition coefficient (Wildman–Crippen LogP) is 3.55. The number of benzene rings is 1. The molecule has 0 aliphatic carbocycles. The minimum atomic E-state index is -0.258. The van der Waals surface area contributed by atoms with E-state index in [0.717, 1.165) is 26.6 Å². The maximum Gasteiger partial charge on any atom is 0.259 e. The third-order valence-electron chi connectivity index (χ3n) is 4.55. The summed E-state index contributed by atoms with van der Waals surface area (Å²) in [7, 11) is 1.62. The summed E-state index contributed by atoms with van der Waals surface area (Å²) >= 11 is 2.97. The molecule has 0 saturated heterocycles. The smallest absolute Gasteiger partial charge is 0.259 e. The Morgan fingerprint density at radius 2 is 2.04 bits per heavy atom. The number of carbonyl (C=O) groups excluding carboxylic acids is 1. The standard InChI is InChI=1S/C20H23N3O3S2/c1-11-12(2)28-20-17(11)19(25)22-16(23-20)10-27-13(3)18(24)21-9-14-5-7-15(26-4)8-6-14/h5-8,13H,9-10H2,1-4H3,(H,21,24)(H,22,23,25)/t13-/m1/s1. The number of aromatic amines is 1. The van der Waals surface area contributed by atoms with Crippen molar-refractivity contribution in [3.05, 3.63) is 56.4 Å². The number of nitrogens with one attached hydrogen (secondary N) is 2. The molecule has 148 valence electrons. The number of methoxy groups -OCH3 is 1. The van der Waals surface area contributed by atoms with Gasteiger partial charge in [-0.05, 0) is 44.0 Å². The van der Waals surface area contributed by atoms with Crippen molar-refractivity contribution in [2.75, 3.05) is 7.11 Å². The topological polar surface area (TPSA) is 84.1 Å². The Kier molecular flexibility index (Phi) is 6.41. The van der Waals surface area contributed by atoms with Gasteiger partial charge in [0.2, 0.25) is 5.91 Å². The van der Waals surface area contributed by atoms with Crippen LogP contribution in [0.2, 0.25) is 0 Å². The second kappa shape index (κ2) is 8.79. The lowest BCUT2D eigenvalue weighted by atomic mass is 10.2. The molecule has 0 unspecified atom stereocenters. The van der Waals surface area contributed by atoms with E-state index in [1.54, 1.807) is 7.11 Å². The lowest BCUT2D eigenvalue weighted by molar-refractivity contribution is -0.120. The molecule has 0 saturated carbocycles. The average Bonchev–Trinajstić information content (AvgIpc) is 2.98. The van der Waals surface area contributed by atoms with Crippen LogP contribution in [-0.2, 0) is 17.1 Å². The zero-order valence-corrected chi connectivity index (χ0v) is 17.9. The van der Waals surface area contributed by atoms with Crippen molar-refractivity contribution in [1.29, 1.82) is 0 Å². The van der Waals surface area contributed by atoms with Gasteiger partial charge in [0.15, 0.2) is 0 Å². The van der Waals surface area contributed by atoms with Crippen molar-refractivity contribution >= 4 is 39.2 Å². The van der Waals surface area contributed by atoms with Crippen LogP contribution >= 0.6 is 23.1 Å². The quantitative estimate of drug-likeness (QED) is 0.614. The Morgan fingerprint density at radius 1 is 1.32 bits per heavy atom. The number of aryl methyl sites for hydroxylation is 2. The molecule has 2 N–H and O–H groups in total. The molecule has 2 aromatic heterocycles. The number of amides is 1. The van der Waals surface area contributed by atoms with E-state index in [-0.39, 0.29) is 16.7 Å². The summed E-state index contributed by atoms with van der Waals surface area (Å²) in [4.78, 5) is 33.9. The first kappa shape index (κ1) is 20.4. The Labute approximate surface area is 171 Å². The molecule has 0 aliphatic heterocycles. The van der Waals surface area contributed by atoms with E-state index < -0.39 is 0 Å². The minimum absolute atomic E-state index is 0.0490. The molecule has 6 nitrogen and oxygen atoms in total. The van der Waals surface area contributed by atoms with Crippen molar-refractivity contribution in [3.63, 3.8) is 0 Å². The highest BCUT2D eigenvalue weighted by Gasteiger charge is 2.16. The Bertz CT molecular complexity index is 1040. The summed E-state index contributed by atoms with van der Waals surface area (Å²) in [6.45, 7) is 6.24. The minimum Gasteiger partial charge on any atom is -0.497 e. The highest BCUT2D eigenvalue weighted by atomic mass is 32.2. The number of thioether (sulfide) groups is 1. The van der Waals surface area contributed by atoms with Gasteiger partial charge in [-0.1, -0.05) is 12.1 Å². The first-order valence-corrected chi connectivity index (χ1v) is 10.8. The molecule has 0 fully saturated rings. The summed E-state index contributed by atoms with van der Waals surface area (Å²) < 4.78 is 5.13. The van der Waals surface area contributed by atoms with E-state index in [0.29, 0.717) is 23.5 Å². The summed E-state index contributed by atoms with van der Waals surface area (Å²) in [5.74, 6) is 1.80. The van der Waals surface area contributed by atoms with Crippen LogP contribution in [0.4, 0.5) is 0 Å². The number of hydrogen-bond donors (Lipinski definition) is 2. The SMILES string of the molecule is COc1ccc(CNC(=O)[C@@H](C)SCc2nc3sc(C)c(C)c3c(=O)[nH]2)cc1. The normalized spacial score (nSPS) is 12.1. The highest BCUT2D eigenvalue weighted by Crippen LogP contribution is 2.26. The number of ether oxygens (including phenoxy) is 1. The molecule has 2 heterocycles. The molecule has 0 aliphatic rings. The first-order chi connectivity index (χ1) is 13.4. The summed E-state index contributed by atoms with van der Waals surface area (Å²) in [5, 5.41) is 3.34. The van der Waals surface area contributed by atoms with Crippen LogP contribution in [0, 0.1) is 13.8 Å². The molecule has 1 aromatic carbocycles. The van der Waals surface area contributed by atoms with Gasteiger partial charge in [0.05, 0.1) is 23.5 Å². The second-order valence-electron chi connectivity index (χ2n) is 6.50. The molecule has 1 atom stereocenters. The van der Waals surface area contributed by atoms with Gasteiger partial charge >= 0.3 is 0 Å². The predicted molar refractivity (Wildman–Crippen MR) is 115 cm³/mol. The largest absolute Gasteiger partial charge is 0.497 e. The summed E-state index contributed by atoms with van der Waals surface area (Å²) in [6, 6.07) is 7.58. The molecule has 28 heavy (non-hydrogen) atoms. The zero-order valence-electron chi connectivity index (χ0n) is 16.3. The number of nitrogens with zero attached hydrogens (tertiary/aromatic N) is 1. The lowest BCUT2D eigenvalue weighted by Gasteiger charge is -2.12. The van der Waals surface area contributed by atoms with Crippen molar-refractivity contribution in [3.8, 4) is 5.75 Å².